The van der Waals surface area contributed by atoms with E-state index in [1.54, 1.807) is 23.3 Å². The Labute approximate surface area is 100 Å². The molecule has 2 rings (SSSR count). The molecule has 0 atom stereocenters. The summed E-state index contributed by atoms with van der Waals surface area (Å²) >= 11 is 7.94. The number of nitrogens with zero attached hydrogens (tertiary/aromatic N) is 3. The lowest BCUT2D eigenvalue weighted by Gasteiger charge is -2.01. The summed E-state index contributed by atoms with van der Waals surface area (Å²) in [6.07, 6.45) is 7.26. The number of alkyl halides is 1. The number of hydrogen-bond acceptors (Lipinski definition) is 2. The van der Waals surface area contributed by atoms with Crippen LogP contribution >= 0.6 is 34.2 Å². The first-order chi connectivity index (χ1) is 6.79. The normalized spacial score (nSPS) is 10.4. The van der Waals surface area contributed by atoms with Crippen molar-refractivity contribution in [2.24, 2.45) is 0 Å². The minimum absolute atomic E-state index is 0.471. The minimum atomic E-state index is 0.471. The van der Waals surface area contributed by atoms with Crippen LogP contribution in [0, 0.1) is 3.57 Å². The van der Waals surface area contributed by atoms with Gasteiger partial charge < -0.3 is 0 Å². The van der Waals surface area contributed by atoms with E-state index in [0.717, 1.165) is 14.8 Å². The second kappa shape index (κ2) is 4.27. The van der Waals surface area contributed by atoms with Gasteiger partial charge in [0.25, 0.3) is 0 Å². The Bertz CT molecular complexity index is 441. The SMILES string of the molecule is ClCc1cncc(-n2cc(I)cn2)c1. The Hall–Kier alpha value is -0.620. The maximum absolute atomic E-state index is 5.72. The summed E-state index contributed by atoms with van der Waals surface area (Å²) in [6.45, 7) is 0. The van der Waals surface area contributed by atoms with E-state index >= 15 is 0 Å². The molecule has 0 N–H and O–H groups in total. The van der Waals surface area contributed by atoms with Gasteiger partial charge in [-0.3, -0.25) is 4.98 Å². The van der Waals surface area contributed by atoms with Gasteiger partial charge in [0.2, 0.25) is 0 Å². The smallest absolute Gasteiger partial charge is 0.0832 e. The zero-order chi connectivity index (χ0) is 9.97. The number of hydrogen-bond donors (Lipinski definition) is 0. The standard InChI is InChI=1S/C9H7ClIN3/c10-2-7-1-9(5-12-3-7)14-6-8(11)4-13-14/h1,3-6H,2H2. The molecule has 0 saturated carbocycles. The predicted molar refractivity (Wildman–Crippen MR) is 63.6 cm³/mol. The van der Waals surface area contributed by atoms with Crippen LogP contribution in [-0.2, 0) is 5.88 Å². The van der Waals surface area contributed by atoms with Gasteiger partial charge in [0.1, 0.15) is 0 Å². The van der Waals surface area contributed by atoms with Crippen LogP contribution in [0.1, 0.15) is 5.56 Å². The van der Waals surface area contributed by atoms with E-state index in [1.807, 2.05) is 12.3 Å². The fourth-order valence-corrected chi connectivity index (χ4v) is 1.65. The highest BCUT2D eigenvalue weighted by Gasteiger charge is 2.00. The van der Waals surface area contributed by atoms with Crippen molar-refractivity contribution in [3.63, 3.8) is 0 Å². The molecule has 0 radical (unpaired) electrons. The summed E-state index contributed by atoms with van der Waals surface area (Å²) < 4.78 is 2.88. The zero-order valence-corrected chi connectivity index (χ0v) is 10.1. The predicted octanol–water partition coefficient (Wildman–Crippen LogP) is 2.61. The Morgan fingerprint density at radius 1 is 1.36 bits per heavy atom. The van der Waals surface area contributed by atoms with Crippen LogP contribution in [0.4, 0.5) is 0 Å². The Morgan fingerprint density at radius 2 is 2.21 bits per heavy atom. The van der Waals surface area contributed by atoms with E-state index in [1.165, 1.54) is 0 Å². The molecule has 2 aromatic rings. The molecule has 0 fully saturated rings. The molecule has 0 aromatic carbocycles. The lowest BCUT2D eigenvalue weighted by molar-refractivity contribution is 0.871. The Morgan fingerprint density at radius 3 is 2.86 bits per heavy atom. The fraction of sp³-hybridized carbons (Fsp3) is 0.111. The van der Waals surface area contributed by atoms with Gasteiger partial charge in [-0.1, -0.05) is 0 Å². The topological polar surface area (TPSA) is 30.7 Å². The van der Waals surface area contributed by atoms with Crippen molar-refractivity contribution in [2.45, 2.75) is 5.88 Å². The van der Waals surface area contributed by atoms with E-state index in [-0.39, 0.29) is 0 Å². The third-order valence-corrected chi connectivity index (χ3v) is 2.62. The van der Waals surface area contributed by atoms with Gasteiger partial charge in [0, 0.05) is 18.3 Å². The van der Waals surface area contributed by atoms with Crippen LogP contribution in [-0.4, -0.2) is 14.8 Å². The molecule has 0 aliphatic rings. The molecule has 2 heterocycles. The van der Waals surface area contributed by atoms with Crippen molar-refractivity contribution >= 4 is 34.2 Å². The molecule has 0 unspecified atom stereocenters. The molecular weight excluding hydrogens is 312 g/mol. The molecule has 3 nitrogen and oxygen atoms in total. The van der Waals surface area contributed by atoms with Gasteiger partial charge in [-0.2, -0.15) is 5.10 Å². The second-order valence-electron chi connectivity index (χ2n) is 2.79. The molecule has 14 heavy (non-hydrogen) atoms. The molecule has 5 heteroatoms. The molecular formula is C9H7ClIN3. The molecule has 0 amide bonds. The Kier molecular flexibility index (Phi) is 3.02. The first-order valence-corrected chi connectivity index (χ1v) is 5.61. The summed E-state index contributed by atoms with van der Waals surface area (Å²) in [4.78, 5) is 4.09. The molecule has 0 aliphatic heterocycles. The highest BCUT2D eigenvalue weighted by atomic mass is 127. The number of rotatable bonds is 2. The van der Waals surface area contributed by atoms with Gasteiger partial charge in [-0.25, -0.2) is 4.68 Å². The maximum atomic E-state index is 5.72. The van der Waals surface area contributed by atoms with Crippen LogP contribution in [0.15, 0.2) is 30.9 Å². The molecule has 2 aromatic heterocycles. The highest BCUT2D eigenvalue weighted by Crippen LogP contribution is 2.11. The van der Waals surface area contributed by atoms with Crippen molar-refractivity contribution < 1.29 is 0 Å². The summed E-state index contributed by atoms with van der Waals surface area (Å²) in [5.41, 5.74) is 1.93. The molecule has 0 bridgehead atoms. The second-order valence-corrected chi connectivity index (χ2v) is 4.30. The van der Waals surface area contributed by atoms with Crippen molar-refractivity contribution in [1.82, 2.24) is 14.8 Å². The molecule has 0 saturated heterocycles. The van der Waals surface area contributed by atoms with Crippen LogP contribution in [0.25, 0.3) is 5.69 Å². The van der Waals surface area contributed by atoms with Crippen LogP contribution < -0.4 is 0 Å². The van der Waals surface area contributed by atoms with Gasteiger partial charge in [-0.05, 0) is 34.2 Å². The van der Waals surface area contributed by atoms with E-state index in [4.69, 9.17) is 11.6 Å². The van der Waals surface area contributed by atoms with Gasteiger partial charge in [-0.15, -0.1) is 11.6 Å². The average Bonchev–Trinajstić information content (AvgIpc) is 2.65. The van der Waals surface area contributed by atoms with Crippen molar-refractivity contribution in [3.8, 4) is 5.69 Å². The van der Waals surface area contributed by atoms with Crippen molar-refractivity contribution in [1.29, 1.82) is 0 Å². The van der Waals surface area contributed by atoms with Crippen molar-refractivity contribution in [2.75, 3.05) is 0 Å². The molecule has 72 valence electrons. The quantitative estimate of drug-likeness (QED) is 0.629. The summed E-state index contributed by atoms with van der Waals surface area (Å²) in [6, 6.07) is 1.98. The van der Waals surface area contributed by atoms with E-state index < -0.39 is 0 Å². The van der Waals surface area contributed by atoms with Gasteiger partial charge in [0.15, 0.2) is 0 Å². The first kappa shape index (κ1) is 9.92. The van der Waals surface area contributed by atoms with E-state index in [2.05, 4.69) is 32.7 Å². The largest absolute Gasteiger partial charge is 0.262 e. The number of halogens is 2. The summed E-state index contributed by atoms with van der Waals surface area (Å²) in [7, 11) is 0. The minimum Gasteiger partial charge on any atom is -0.262 e. The van der Waals surface area contributed by atoms with Crippen LogP contribution in [0.5, 0.6) is 0 Å². The van der Waals surface area contributed by atoms with E-state index in [0.29, 0.717) is 5.88 Å². The molecule has 0 aliphatic carbocycles. The third-order valence-electron chi connectivity index (χ3n) is 1.75. The van der Waals surface area contributed by atoms with Crippen LogP contribution in [0.2, 0.25) is 0 Å². The molecule has 0 spiro atoms. The van der Waals surface area contributed by atoms with Crippen LogP contribution in [0.3, 0.4) is 0 Å². The lowest BCUT2D eigenvalue weighted by atomic mass is 10.3. The van der Waals surface area contributed by atoms with E-state index in [9.17, 15) is 0 Å². The van der Waals surface area contributed by atoms with Gasteiger partial charge >= 0.3 is 0 Å². The average molecular weight is 320 g/mol. The number of pyridine rings is 1. The third kappa shape index (κ3) is 2.06. The Balaban J connectivity index is 2.41. The van der Waals surface area contributed by atoms with Crippen molar-refractivity contribution in [3.05, 3.63) is 40.0 Å². The highest BCUT2D eigenvalue weighted by molar-refractivity contribution is 14.1. The summed E-state index contributed by atoms with van der Waals surface area (Å²) in [5.74, 6) is 0.471. The number of aromatic nitrogens is 3. The zero-order valence-electron chi connectivity index (χ0n) is 7.19. The first-order valence-electron chi connectivity index (χ1n) is 4.00. The monoisotopic (exact) mass is 319 g/mol. The maximum Gasteiger partial charge on any atom is 0.0832 e. The summed E-state index contributed by atoms with van der Waals surface area (Å²) in [5, 5.41) is 4.19. The lowest BCUT2D eigenvalue weighted by Crippen LogP contribution is -1.96. The van der Waals surface area contributed by atoms with Gasteiger partial charge in [0.05, 0.1) is 21.7 Å². The fourth-order valence-electron chi connectivity index (χ4n) is 1.11.